The molecule has 2 aromatic rings. The first-order valence-electron chi connectivity index (χ1n) is 8.45. The van der Waals surface area contributed by atoms with Gasteiger partial charge in [0.1, 0.15) is 0 Å². The fraction of sp³-hybridized carbons (Fsp3) is 0.368. The lowest BCUT2D eigenvalue weighted by Crippen LogP contribution is -2.45. The smallest absolute Gasteiger partial charge is 0.317 e. The quantitative estimate of drug-likeness (QED) is 0.913. The lowest BCUT2D eigenvalue weighted by molar-refractivity contribution is 0.178. The summed E-state index contributed by atoms with van der Waals surface area (Å²) in [7, 11) is 0. The lowest BCUT2D eigenvalue weighted by Gasteiger charge is -2.33. The Labute approximate surface area is 145 Å². The molecule has 132 valence electrons. The number of urea groups is 1. The van der Waals surface area contributed by atoms with Gasteiger partial charge in [0, 0.05) is 31.0 Å². The number of benzene rings is 1. The summed E-state index contributed by atoms with van der Waals surface area (Å²) in [5, 5.41) is 2.76. The zero-order chi connectivity index (χ0) is 17.8. The van der Waals surface area contributed by atoms with Crippen molar-refractivity contribution in [2.24, 2.45) is 0 Å². The maximum absolute atomic E-state index is 13.8. The number of likely N-dealkylation sites (tertiary alicyclic amines) is 1. The molecular formula is C19H21F2N3O. The van der Waals surface area contributed by atoms with Crippen molar-refractivity contribution in [3.63, 3.8) is 0 Å². The Bertz CT molecular complexity index is 731. The summed E-state index contributed by atoms with van der Waals surface area (Å²) < 4.78 is 27.2. The minimum absolute atomic E-state index is 0.153. The van der Waals surface area contributed by atoms with Crippen LogP contribution < -0.4 is 5.32 Å². The van der Waals surface area contributed by atoms with Gasteiger partial charge in [-0.3, -0.25) is 4.98 Å². The van der Waals surface area contributed by atoms with E-state index in [9.17, 15) is 13.6 Å². The van der Waals surface area contributed by atoms with Gasteiger partial charge in [-0.05, 0) is 49.4 Å². The largest absolute Gasteiger partial charge is 0.331 e. The van der Waals surface area contributed by atoms with Crippen LogP contribution in [0.2, 0.25) is 0 Å². The van der Waals surface area contributed by atoms with Crippen molar-refractivity contribution < 1.29 is 13.6 Å². The van der Waals surface area contributed by atoms with Crippen molar-refractivity contribution in [3.05, 3.63) is 65.5 Å². The van der Waals surface area contributed by atoms with Gasteiger partial charge in [-0.25, -0.2) is 13.6 Å². The van der Waals surface area contributed by atoms with Crippen molar-refractivity contribution in [3.8, 4) is 0 Å². The second-order valence-corrected chi connectivity index (χ2v) is 6.36. The average Bonchev–Trinajstić information content (AvgIpc) is 2.64. The van der Waals surface area contributed by atoms with E-state index in [4.69, 9.17) is 0 Å². The molecule has 1 N–H and O–H groups in total. The van der Waals surface area contributed by atoms with Gasteiger partial charge in [-0.15, -0.1) is 0 Å². The van der Waals surface area contributed by atoms with Crippen molar-refractivity contribution in [1.82, 2.24) is 15.2 Å². The first-order chi connectivity index (χ1) is 12.1. The van der Waals surface area contributed by atoms with Crippen LogP contribution >= 0.6 is 0 Å². The molecule has 0 radical (unpaired) electrons. The van der Waals surface area contributed by atoms with E-state index in [0.717, 1.165) is 18.9 Å². The van der Waals surface area contributed by atoms with Crippen molar-refractivity contribution in [2.75, 3.05) is 13.1 Å². The fourth-order valence-electron chi connectivity index (χ4n) is 3.26. The molecule has 25 heavy (non-hydrogen) atoms. The van der Waals surface area contributed by atoms with E-state index in [1.165, 1.54) is 17.7 Å². The van der Waals surface area contributed by atoms with Crippen LogP contribution in [0.25, 0.3) is 0 Å². The zero-order valence-corrected chi connectivity index (χ0v) is 14.1. The standard InChI is InChI=1S/C19H21F2N3O/c1-13(16-3-2-4-17(20)18(16)21)23-19(25)24-11-7-15(8-12-24)14-5-9-22-10-6-14/h2-6,9-10,13,15H,7-8,11-12H2,1H3,(H,23,25)/t13-/m0/s1. The van der Waals surface area contributed by atoms with Crippen LogP contribution in [0.1, 0.15) is 42.9 Å². The molecule has 2 heterocycles. The second-order valence-electron chi connectivity index (χ2n) is 6.36. The Morgan fingerprint density at radius 2 is 1.88 bits per heavy atom. The molecule has 0 spiro atoms. The van der Waals surface area contributed by atoms with Gasteiger partial charge in [0.25, 0.3) is 0 Å². The molecule has 4 nitrogen and oxygen atoms in total. The minimum Gasteiger partial charge on any atom is -0.331 e. The van der Waals surface area contributed by atoms with Crippen LogP contribution in [0, 0.1) is 11.6 Å². The van der Waals surface area contributed by atoms with Gasteiger partial charge >= 0.3 is 6.03 Å². The third kappa shape index (κ3) is 3.95. The zero-order valence-electron chi connectivity index (χ0n) is 14.1. The second kappa shape index (κ2) is 7.59. The van der Waals surface area contributed by atoms with Crippen LogP contribution in [-0.2, 0) is 0 Å². The summed E-state index contributed by atoms with van der Waals surface area (Å²) in [5.41, 5.74) is 1.39. The lowest BCUT2D eigenvalue weighted by atomic mass is 9.90. The number of hydrogen-bond acceptors (Lipinski definition) is 2. The van der Waals surface area contributed by atoms with E-state index < -0.39 is 17.7 Å². The number of pyridine rings is 1. The van der Waals surface area contributed by atoms with E-state index in [1.807, 2.05) is 12.1 Å². The van der Waals surface area contributed by atoms with E-state index in [1.54, 1.807) is 24.2 Å². The van der Waals surface area contributed by atoms with Gasteiger partial charge in [0.05, 0.1) is 6.04 Å². The first-order valence-corrected chi connectivity index (χ1v) is 8.45. The normalized spacial score (nSPS) is 16.5. The predicted molar refractivity (Wildman–Crippen MR) is 91.1 cm³/mol. The van der Waals surface area contributed by atoms with Crippen molar-refractivity contribution >= 4 is 6.03 Å². The third-order valence-corrected chi connectivity index (χ3v) is 4.75. The van der Waals surface area contributed by atoms with E-state index >= 15 is 0 Å². The fourth-order valence-corrected chi connectivity index (χ4v) is 3.26. The van der Waals surface area contributed by atoms with E-state index in [-0.39, 0.29) is 11.6 Å². The molecule has 6 heteroatoms. The van der Waals surface area contributed by atoms with Crippen LogP contribution in [0.4, 0.5) is 13.6 Å². The number of halogens is 2. The Kier molecular flexibility index (Phi) is 5.26. The molecule has 1 atom stereocenters. The molecule has 1 aromatic carbocycles. The third-order valence-electron chi connectivity index (χ3n) is 4.75. The summed E-state index contributed by atoms with van der Waals surface area (Å²) in [6, 6.07) is 7.17. The predicted octanol–water partition coefficient (Wildman–Crippen LogP) is 4.01. The summed E-state index contributed by atoms with van der Waals surface area (Å²) >= 11 is 0. The SMILES string of the molecule is C[C@H](NC(=O)N1CCC(c2ccncc2)CC1)c1cccc(F)c1F. The first kappa shape index (κ1) is 17.3. The molecule has 0 aliphatic carbocycles. The molecule has 3 rings (SSSR count). The molecular weight excluding hydrogens is 324 g/mol. The monoisotopic (exact) mass is 345 g/mol. The van der Waals surface area contributed by atoms with E-state index in [0.29, 0.717) is 19.0 Å². The Balaban J connectivity index is 1.57. The Morgan fingerprint density at radius 3 is 2.56 bits per heavy atom. The van der Waals surface area contributed by atoms with Crippen molar-refractivity contribution in [1.29, 1.82) is 0 Å². The highest BCUT2D eigenvalue weighted by molar-refractivity contribution is 5.74. The molecule has 1 saturated heterocycles. The van der Waals surface area contributed by atoms with Gasteiger partial charge in [-0.1, -0.05) is 12.1 Å². The molecule has 0 unspecified atom stereocenters. The highest BCUT2D eigenvalue weighted by Gasteiger charge is 2.25. The maximum Gasteiger partial charge on any atom is 0.317 e. The van der Waals surface area contributed by atoms with E-state index in [2.05, 4.69) is 10.3 Å². The maximum atomic E-state index is 13.8. The van der Waals surface area contributed by atoms with Crippen molar-refractivity contribution in [2.45, 2.75) is 31.7 Å². The highest BCUT2D eigenvalue weighted by Crippen LogP contribution is 2.28. The molecule has 1 aliphatic heterocycles. The number of carbonyl (C=O) groups excluding carboxylic acids is 1. The molecule has 0 saturated carbocycles. The average molecular weight is 345 g/mol. The van der Waals surface area contributed by atoms with Crippen LogP contribution in [0.15, 0.2) is 42.7 Å². The van der Waals surface area contributed by atoms with Crippen LogP contribution in [0.5, 0.6) is 0 Å². The number of nitrogens with zero attached hydrogens (tertiary/aromatic N) is 2. The Morgan fingerprint density at radius 1 is 1.20 bits per heavy atom. The number of rotatable bonds is 3. The number of piperidine rings is 1. The highest BCUT2D eigenvalue weighted by atomic mass is 19.2. The number of carbonyl (C=O) groups is 1. The molecule has 0 bridgehead atoms. The molecule has 1 fully saturated rings. The summed E-state index contributed by atoms with van der Waals surface area (Å²) in [5.74, 6) is -1.39. The number of aromatic nitrogens is 1. The summed E-state index contributed by atoms with van der Waals surface area (Å²) in [6.45, 7) is 2.92. The minimum atomic E-state index is -0.910. The van der Waals surface area contributed by atoms with Gasteiger partial charge < -0.3 is 10.2 Å². The van der Waals surface area contributed by atoms with Gasteiger partial charge in [0.15, 0.2) is 11.6 Å². The number of hydrogen-bond donors (Lipinski definition) is 1. The Hall–Kier alpha value is -2.50. The topological polar surface area (TPSA) is 45.2 Å². The summed E-state index contributed by atoms with van der Waals surface area (Å²) in [6.07, 6.45) is 5.31. The molecule has 2 amide bonds. The molecule has 1 aromatic heterocycles. The molecule has 1 aliphatic rings. The number of nitrogens with one attached hydrogen (secondary N) is 1. The van der Waals surface area contributed by atoms with Crippen LogP contribution in [0.3, 0.4) is 0 Å². The van der Waals surface area contributed by atoms with Gasteiger partial charge in [-0.2, -0.15) is 0 Å². The number of amides is 2. The summed E-state index contributed by atoms with van der Waals surface area (Å²) in [4.78, 5) is 18.2. The van der Waals surface area contributed by atoms with Gasteiger partial charge in [0.2, 0.25) is 0 Å². The van der Waals surface area contributed by atoms with Crippen LogP contribution in [-0.4, -0.2) is 29.0 Å².